The lowest BCUT2D eigenvalue weighted by molar-refractivity contribution is -0.128. The van der Waals surface area contributed by atoms with Crippen molar-refractivity contribution in [3.05, 3.63) is 0 Å². The van der Waals surface area contributed by atoms with Crippen molar-refractivity contribution in [3.8, 4) is 0 Å². The number of guanidine groups is 1. The summed E-state index contributed by atoms with van der Waals surface area (Å²) in [4.78, 5) is 19.2. The van der Waals surface area contributed by atoms with Crippen LogP contribution in [0.15, 0.2) is 4.99 Å². The Morgan fingerprint density at radius 3 is 2.35 bits per heavy atom. The van der Waals surface area contributed by atoms with Crippen molar-refractivity contribution < 1.29 is 9.53 Å². The van der Waals surface area contributed by atoms with Gasteiger partial charge < -0.3 is 25.6 Å². The molecule has 1 saturated heterocycles. The molecule has 0 spiro atoms. The van der Waals surface area contributed by atoms with E-state index in [0.717, 1.165) is 51.6 Å². The maximum absolute atomic E-state index is 12.1. The monoisotopic (exact) mass is 483 g/mol. The number of amides is 1. The number of rotatable bonds is 9. The Hall–Kier alpha value is -0.610. The third-order valence-corrected chi connectivity index (χ3v) is 4.47. The lowest BCUT2D eigenvalue weighted by Gasteiger charge is -2.33. The summed E-state index contributed by atoms with van der Waals surface area (Å²) in [6.07, 6.45) is 2.18. The molecular weight excluding hydrogens is 445 g/mol. The molecule has 1 aliphatic heterocycles. The second kappa shape index (κ2) is 13.5. The van der Waals surface area contributed by atoms with E-state index in [4.69, 9.17) is 4.74 Å². The Morgan fingerprint density at radius 2 is 1.81 bits per heavy atom. The smallest absolute Gasteiger partial charge is 0.227 e. The van der Waals surface area contributed by atoms with Gasteiger partial charge in [0.15, 0.2) is 5.96 Å². The number of hydrogen-bond acceptors (Lipinski definition) is 4. The maximum atomic E-state index is 12.1. The fourth-order valence-electron chi connectivity index (χ4n) is 2.78. The first-order chi connectivity index (χ1) is 11.9. The van der Waals surface area contributed by atoms with Crippen molar-refractivity contribution in [2.45, 2.75) is 46.6 Å². The van der Waals surface area contributed by atoms with E-state index in [1.807, 2.05) is 20.8 Å². The number of ether oxygens (including phenoxy) is 1. The second-order valence-corrected chi connectivity index (χ2v) is 7.19. The normalized spacial score (nSPS) is 16.7. The van der Waals surface area contributed by atoms with Gasteiger partial charge in [-0.25, -0.2) is 0 Å². The zero-order valence-electron chi connectivity index (χ0n) is 17.1. The van der Waals surface area contributed by atoms with Crippen molar-refractivity contribution in [1.29, 1.82) is 0 Å². The number of carbonyl (C=O) groups is 1. The molecule has 7 nitrogen and oxygen atoms in total. The van der Waals surface area contributed by atoms with Gasteiger partial charge in [0.2, 0.25) is 5.91 Å². The first-order valence-corrected chi connectivity index (χ1v) is 9.47. The summed E-state index contributed by atoms with van der Waals surface area (Å²) in [7, 11) is 1.75. The van der Waals surface area contributed by atoms with Gasteiger partial charge in [0.1, 0.15) is 0 Å². The largest absolute Gasteiger partial charge is 0.383 e. The zero-order chi connectivity index (χ0) is 18.7. The van der Waals surface area contributed by atoms with Crippen LogP contribution in [-0.4, -0.2) is 75.8 Å². The topological polar surface area (TPSA) is 78.0 Å². The number of nitrogens with one attached hydrogen (secondary N) is 3. The minimum atomic E-state index is -0.512. The van der Waals surface area contributed by atoms with E-state index < -0.39 is 5.41 Å². The molecule has 0 unspecified atom stereocenters. The molecule has 1 amide bonds. The number of carbonyl (C=O) groups excluding carboxylic acids is 1. The van der Waals surface area contributed by atoms with Crippen molar-refractivity contribution in [3.63, 3.8) is 0 Å². The highest BCUT2D eigenvalue weighted by Crippen LogP contribution is 2.16. The third kappa shape index (κ3) is 9.36. The Morgan fingerprint density at radius 1 is 1.19 bits per heavy atom. The van der Waals surface area contributed by atoms with Gasteiger partial charge in [-0.15, -0.1) is 24.0 Å². The van der Waals surface area contributed by atoms with Crippen molar-refractivity contribution in [2.75, 3.05) is 53.0 Å². The quantitative estimate of drug-likeness (QED) is 0.263. The van der Waals surface area contributed by atoms with Crippen LogP contribution in [0.1, 0.15) is 40.5 Å². The summed E-state index contributed by atoms with van der Waals surface area (Å²) in [6, 6.07) is 0.421. The molecule has 0 aliphatic carbocycles. The van der Waals surface area contributed by atoms with Gasteiger partial charge in [0.05, 0.1) is 18.6 Å². The number of nitrogens with zero attached hydrogens (tertiary/aromatic N) is 2. The van der Waals surface area contributed by atoms with Gasteiger partial charge >= 0.3 is 0 Å². The van der Waals surface area contributed by atoms with Crippen molar-refractivity contribution in [2.24, 2.45) is 10.4 Å². The predicted octanol–water partition coefficient (Wildman–Crippen LogP) is 1.43. The van der Waals surface area contributed by atoms with Crippen LogP contribution >= 0.6 is 24.0 Å². The second-order valence-electron chi connectivity index (χ2n) is 7.19. The van der Waals surface area contributed by atoms with Crippen LogP contribution in [0.4, 0.5) is 0 Å². The molecule has 0 radical (unpaired) electrons. The van der Waals surface area contributed by atoms with Crippen LogP contribution in [0.3, 0.4) is 0 Å². The fraction of sp³-hybridized carbons (Fsp3) is 0.889. The summed E-state index contributed by atoms with van der Waals surface area (Å²) in [6.45, 7) is 13.7. The molecule has 154 valence electrons. The summed E-state index contributed by atoms with van der Waals surface area (Å²) >= 11 is 0. The Balaban J connectivity index is 0.00000625. The van der Waals surface area contributed by atoms with E-state index in [0.29, 0.717) is 19.1 Å². The molecule has 1 fully saturated rings. The van der Waals surface area contributed by atoms with Gasteiger partial charge in [-0.1, -0.05) is 0 Å². The van der Waals surface area contributed by atoms with E-state index in [1.54, 1.807) is 7.11 Å². The molecule has 0 aromatic rings. The number of hydrogen-bond donors (Lipinski definition) is 3. The summed E-state index contributed by atoms with van der Waals surface area (Å²) in [5, 5.41) is 9.70. The van der Waals surface area contributed by atoms with E-state index >= 15 is 0 Å². The fourth-order valence-corrected chi connectivity index (χ4v) is 2.78. The van der Waals surface area contributed by atoms with Crippen molar-refractivity contribution >= 4 is 35.8 Å². The zero-order valence-corrected chi connectivity index (χ0v) is 19.4. The van der Waals surface area contributed by atoms with E-state index in [1.165, 1.54) is 0 Å². The van der Waals surface area contributed by atoms with Gasteiger partial charge in [-0.05, 0) is 40.5 Å². The van der Waals surface area contributed by atoms with E-state index in [-0.39, 0.29) is 29.9 Å². The first kappa shape index (κ1) is 25.4. The van der Waals surface area contributed by atoms with Crippen LogP contribution < -0.4 is 16.0 Å². The van der Waals surface area contributed by atoms with Crippen LogP contribution in [0.2, 0.25) is 0 Å². The molecule has 0 saturated carbocycles. The highest BCUT2D eigenvalue weighted by Gasteiger charge is 2.27. The van der Waals surface area contributed by atoms with Crippen LogP contribution in [-0.2, 0) is 9.53 Å². The SMILES string of the molecule is CCNC(=O)C(C)(C)CN=C(NCC)NC1CCN(CCOC)CC1.I. The number of methoxy groups -OCH3 is 1. The van der Waals surface area contributed by atoms with Crippen LogP contribution in [0.25, 0.3) is 0 Å². The van der Waals surface area contributed by atoms with E-state index in [2.05, 4.69) is 32.8 Å². The molecule has 1 rings (SSSR count). The van der Waals surface area contributed by atoms with Gasteiger partial charge in [-0.3, -0.25) is 9.79 Å². The molecule has 1 heterocycles. The molecule has 0 bridgehead atoms. The Kier molecular flexibility index (Phi) is 13.2. The summed E-state index contributed by atoms with van der Waals surface area (Å²) in [5.41, 5.74) is -0.512. The standard InChI is InChI=1S/C18H37N5O2.HI/c1-6-19-16(24)18(3,4)14-21-17(20-7-2)22-15-8-10-23(11-9-15)12-13-25-5;/h15H,6-14H2,1-5H3,(H,19,24)(H2,20,21,22);1H. The number of likely N-dealkylation sites (tertiary alicyclic amines) is 1. The number of halogens is 1. The molecule has 0 aromatic carbocycles. The van der Waals surface area contributed by atoms with Crippen LogP contribution in [0.5, 0.6) is 0 Å². The highest BCUT2D eigenvalue weighted by molar-refractivity contribution is 14.0. The lowest BCUT2D eigenvalue weighted by Crippen LogP contribution is -2.49. The number of aliphatic imine (C=N–C) groups is 1. The Bertz CT molecular complexity index is 424. The molecule has 1 aliphatic rings. The van der Waals surface area contributed by atoms with Crippen LogP contribution in [0, 0.1) is 5.41 Å². The average Bonchev–Trinajstić information content (AvgIpc) is 2.59. The third-order valence-electron chi connectivity index (χ3n) is 4.47. The molecule has 0 aromatic heterocycles. The number of piperidine rings is 1. The Labute approximate surface area is 176 Å². The maximum Gasteiger partial charge on any atom is 0.227 e. The molecule has 26 heavy (non-hydrogen) atoms. The minimum Gasteiger partial charge on any atom is -0.383 e. The molecule has 0 atom stereocenters. The van der Waals surface area contributed by atoms with E-state index in [9.17, 15) is 4.79 Å². The average molecular weight is 483 g/mol. The summed E-state index contributed by atoms with van der Waals surface area (Å²) in [5.74, 6) is 0.844. The highest BCUT2D eigenvalue weighted by atomic mass is 127. The molecular formula is C18H38IN5O2. The minimum absolute atomic E-state index is 0. The first-order valence-electron chi connectivity index (χ1n) is 9.47. The lowest BCUT2D eigenvalue weighted by atomic mass is 9.92. The molecule has 3 N–H and O–H groups in total. The predicted molar refractivity (Wildman–Crippen MR) is 118 cm³/mol. The van der Waals surface area contributed by atoms with Crippen molar-refractivity contribution in [1.82, 2.24) is 20.9 Å². The summed E-state index contributed by atoms with van der Waals surface area (Å²) < 4.78 is 5.15. The van der Waals surface area contributed by atoms with Gasteiger partial charge in [0, 0.05) is 45.9 Å². The van der Waals surface area contributed by atoms with Gasteiger partial charge in [-0.2, -0.15) is 0 Å². The molecule has 8 heteroatoms. The van der Waals surface area contributed by atoms with Gasteiger partial charge in [0.25, 0.3) is 0 Å².